The number of thiophene rings is 1. The molecule has 0 aliphatic heterocycles. The molecule has 23 heavy (non-hydrogen) atoms. The predicted molar refractivity (Wildman–Crippen MR) is 92.5 cm³/mol. The Hall–Kier alpha value is -2.44. The smallest absolute Gasteiger partial charge is 0.265 e. The lowest BCUT2D eigenvalue weighted by Gasteiger charge is -2.03. The molecule has 0 unspecified atom stereocenters. The van der Waals surface area contributed by atoms with E-state index in [2.05, 4.69) is 15.4 Å². The molecule has 114 valence electrons. The summed E-state index contributed by atoms with van der Waals surface area (Å²) in [6.45, 7) is 1.90. The molecule has 0 fully saturated rings. The number of hydrogen-bond donors (Lipinski definition) is 1. The normalized spacial score (nSPS) is 11.2. The lowest BCUT2D eigenvalue weighted by atomic mass is 10.2. The highest BCUT2D eigenvalue weighted by atomic mass is 35.5. The largest absolute Gasteiger partial charge is 0.319 e. The number of fused-ring (bicyclic) bond motifs is 2. The maximum Gasteiger partial charge on any atom is 0.265 e. The van der Waals surface area contributed by atoms with Gasteiger partial charge in [-0.3, -0.25) is 4.79 Å². The Kier molecular flexibility index (Phi) is 3.28. The van der Waals surface area contributed by atoms with Crippen molar-refractivity contribution >= 4 is 50.3 Å². The van der Waals surface area contributed by atoms with Crippen molar-refractivity contribution in [3.63, 3.8) is 0 Å². The van der Waals surface area contributed by atoms with Crippen LogP contribution in [0.5, 0.6) is 0 Å². The Morgan fingerprint density at radius 1 is 1.35 bits per heavy atom. The number of halogens is 1. The van der Waals surface area contributed by atoms with E-state index in [9.17, 15) is 4.79 Å². The molecule has 0 aliphatic rings. The number of hydrogen-bond acceptors (Lipinski definition) is 4. The molecule has 5 nitrogen and oxygen atoms in total. The molecular formula is C16H11ClN4OS. The van der Waals surface area contributed by atoms with Gasteiger partial charge in [-0.1, -0.05) is 17.7 Å². The molecule has 0 aliphatic carbocycles. The highest BCUT2D eigenvalue weighted by molar-refractivity contribution is 7.21. The van der Waals surface area contributed by atoms with Crippen molar-refractivity contribution in [1.29, 1.82) is 0 Å². The molecule has 0 radical (unpaired) electrons. The van der Waals surface area contributed by atoms with Gasteiger partial charge in [0.25, 0.3) is 5.91 Å². The van der Waals surface area contributed by atoms with Gasteiger partial charge in [0.05, 0.1) is 28.7 Å². The van der Waals surface area contributed by atoms with Crippen LogP contribution in [0.25, 0.3) is 15.7 Å². The molecule has 0 bridgehead atoms. The van der Waals surface area contributed by atoms with Crippen LogP contribution in [-0.4, -0.2) is 20.5 Å². The second-order valence-corrected chi connectivity index (χ2v) is 6.64. The Morgan fingerprint density at radius 3 is 3.04 bits per heavy atom. The van der Waals surface area contributed by atoms with E-state index in [1.807, 2.05) is 37.3 Å². The van der Waals surface area contributed by atoms with Crippen molar-refractivity contribution in [2.24, 2.45) is 0 Å². The fraction of sp³-hybridized carbons (Fsp3) is 0.0625. The number of anilines is 1. The van der Waals surface area contributed by atoms with Gasteiger partial charge in [-0.25, -0.2) is 9.50 Å². The van der Waals surface area contributed by atoms with Gasteiger partial charge in [-0.05, 0) is 25.1 Å². The lowest BCUT2D eigenvalue weighted by molar-refractivity contribution is 0.103. The molecule has 1 amide bonds. The summed E-state index contributed by atoms with van der Waals surface area (Å²) in [4.78, 5) is 17.3. The summed E-state index contributed by atoms with van der Waals surface area (Å²) in [5, 5.41) is 8.67. The van der Waals surface area contributed by atoms with Gasteiger partial charge in [0.2, 0.25) is 0 Å². The molecule has 1 N–H and O–H groups in total. The minimum absolute atomic E-state index is 0.188. The van der Waals surface area contributed by atoms with Gasteiger partial charge < -0.3 is 5.32 Å². The third kappa shape index (κ3) is 2.56. The van der Waals surface area contributed by atoms with Crippen LogP contribution < -0.4 is 5.32 Å². The van der Waals surface area contributed by atoms with Crippen molar-refractivity contribution in [1.82, 2.24) is 14.6 Å². The van der Waals surface area contributed by atoms with Crippen LogP contribution in [0.4, 0.5) is 5.69 Å². The second-order valence-electron chi connectivity index (χ2n) is 5.15. The Bertz CT molecular complexity index is 1050. The van der Waals surface area contributed by atoms with Crippen LogP contribution >= 0.6 is 22.9 Å². The third-order valence-corrected chi connectivity index (χ3v) is 4.85. The predicted octanol–water partition coefficient (Wildman–Crippen LogP) is 4.16. The van der Waals surface area contributed by atoms with E-state index in [1.54, 1.807) is 16.9 Å². The van der Waals surface area contributed by atoms with Crippen molar-refractivity contribution < 1.29 is 4.79 Å². The minimum Gasteiger partial charge on any atom is -0.319 e. The van der Waals surface area contributed by atoms with E-state index in [1.165, 1.54) is 11.3 Å². The van der Waals surface area contributed by atoms with Gasteiger partial charge in [0, 0.05) is 21.2 Å². The molecule has 1 aromatic carbocycles. The van der Waals surface area contributed by atoms with Crippen molar-refractivity contribution in [3.8, 4) is 0 Å². The Labute approximate surface area is 140 Å². The number of benzene rings is 1. The van der Waals surface area contributed by atoms with E-state index in [-0.39, 0.29) is 5.91 Å². The number of carbonyl (C=O) groups is 1. The van der Waals surface area contributed by atoms with Gasteiger partial charge in [0.15, 0.2) is 5.65 Å². The number of nitrogens with one attached hydrogen (secondary N) is 1. The maximum absolute atomic E-state index is 12.4. The zero-order valence-electron chi connectivity index (χ0n) is 12.1. The van der Waals surface area contributed by atoms with Crippen LogP contribution in [0.2, 0.25) is 5.02 Å². The molecule has 7 heteroatoms. The topological polar surface area (TPSA) is 59.3 Å². The summed E-state index contributed by atoms with van der Waals surface area (Å²) in [5.74, 6) is -0.188. The fourth-order valence-electron chi connectivity index (χ4n) is 2.39. The summed E-state index contributed by atoms with van der Waals surface area (Å²) < 4.78 is 2.63. The highest BCUT2D eigenvalue weighted by Crippen LogP contribution is 2.31. The molecule has 4 aromatic rings. The quantitative estimate of drug-likeness (QED) is 0.595. The molecule has 0 saturated carbocycles. The summed E-state index contributed by atoms with van der Waals surface area (Å²) in [6, 6.07) is 9.32. The van der Waals surface area contributed by atoms with Crippen LogP contribution in [0, 0.1) is 6.92 Å². The molecule has 4 rings (SSSR count). The van der Waals surface area contributed by atoms with Crippen molar-refractivity contribution in [2.45, 2.75) is 6.92 Å². The zero-order chi connectivity index (χ0) is 16.0. The van der Waals surface area contributed by atoms with Gasteiger partial charge in [-0.2, -0.15) is 5.10 Å². The number of nitrogens with zero attached hydrogens (tertiary/aromatic N) is 3. The standard InChI is InChI=1S/C16H11ClN4OS/c1-9-5-15-18-7-10(8-21(15)20-9)19-16(22)14-6-11-12(17)3-2-4-13(11)23-14/h2-8H,1H3,(H,19,22). The molecule has 0 saturated heterocycles. The number of carbonyl (C=O) groups excluding carboxylic acids is 1. The zero-order valence-corrected chi connectivity index (χ0v) is 13.6. The van der Waals surface area contributed by atoms with Crippen LogP contribution in [0.1, 0.15) is 15.4 Å². The first-order valence-corrected chi connectivity index (χ1v) is 8.11. The van der Waals surface area contributed by atoms with E-state index >= 15 is 0 Å². The van der Waals surface area contributed by atoms with Crippen LogP contribution in [0.3, 0.4) is 0 Å². The summed E-state index contributed by atoms with van der Waals surface area (Å²) in [7, 11) is 0. The molecule has 3 aromatic heterocycles. The average molecular weight is 343 g/mol. The van der Waals surface area contributed by atoms with Crippen molar-refractivity contribution in [2.75, 3.05) is 5.32 Å². The first-order chi connectivity index (χ1) is 11.1. The SMILES string of the molecule is Cc1cc2ncc(NC(=O)c3cc4c(Cl)cccc4s3)cn2n1. The maximum atomic E-state index is 12.4. The summed E-state index contributed by atoms with van der Waals surface area (Å²) >= 11 is 7.56. The molecular weight excluding hydrogens is 332 g/mol. The number of rotatable bonds is 2. The number of aryl methyl sites for hydroxylation is 1. The Balaban J connectivity index is 1.65. The first kappa shape index (κ1) is 14.2. The van der Waals surface area contributed by atoms with Gasteiger partial charge >= 0.3 is 0 Å². The second kappa shape index (κ2) is 5.33. The van der Waals surface area contributed by atoms with E-state index in [0.717, 1.165) is 21.4 Å². The van der Waals surface area contributed by atoms with Gasteiger partial charge in [-0.15, -0.1) is 11.3 Å². The lowest BCUT2D eigenvalue weighted by Crippen LogP contribution is -2.11. The Morgan fingerprint density at radius 2 is 2.22 bits per heavy atom. The molecule has 0 atom stereocenters. The van der Waals surface area contributed by atoms with Gasteiger partial charge in [0.1, 0.15) is 0 Å². The average Bonchev–Trinajstić information content (AvgIpc) is 3.10. The van der Waals surface area contributed by atoms with Crippen molar-refractivity contribution in [3.05, 3.63) is 58.3 Å². The number of aromatic nitrogens is 3. The fourth-order valence-corrected chi connectivity index (χ4v) is 3.66. The number of amides is 1. The third-order valence-electron chi connectivity index (χ3n) is 3.43. The molecule has 3 heterocycles. The van der Waals surface area contributed by atoms with E-state index < -0.39 is 0 Å². The molecule has 0 spiro atoms. The van der Waals surface area contributed by atoms with Crippen LogP contribution in [-0.2, 0) is 0 Å². The monoisotopic (exact) mass is 342 g/mol. The summed E-state index contributed by atoms with van der Waals surface area (Å²) in [5.41, 5.74) is 2.21. The van der Waals surface area contributed by atoms with E-state index in [0.29, 0.717) is 15.6 Å². The van der Waals surface area contributed by atoms with E-state index in [4.69, 9.17) is 11.6 Å². The summed E-state index contributed by atoms with van der Waals surface area (Å²) in [6.07, 6.45) is 3.36. The minimum atomic E-state index is -0.188. The first-order valence-electron chi connectivity index (χ1n) is 6.91. The van der Waals surface area contributed by atoms with Crippen LogP contribution in [0.15, 0.2) is 42.7 Å². The highest BCUT2D eigenvalue weighted by Gasteiger charge is 2.13.